The number of allylic oxidation sites excluding steroid dienone is 2. The van der Waals surface area contributed by atoms with Crippen molar-refractivity contribution in [1.82, 2.24) is 0 Å². The molecular formula is C32H46O2. The Bertz CT molecular complexity index is 1110. The van der Waals surface area contributed by atoms with Crippen molar-refractivity contribution in [2.45, 2.75) is 107 Å². The number of fused-ring (bicyclic) bond motifs is 1. The van der Waals surface area contributed by atoms with Gasteiger partial charge in [0.25, 0.3) is 0 Å². The molecule has 0 bridgehead atoms. The Morgan fingerprint density at radius 3 is 1.47 bits per heavy atom. The second kappa shape index (κ2) is 9.44. The minimum atomic E-state index is -0.407. The molecule has 0 radical (unpaired) electrons. The van der Waals surface area contributed by atoms with E-state index in [1.165, 1.54) is 21.9 Å². The lowest BCUT2D eigenvalue weighted by Gasteiger charge is -2.38. The van der Waals surface area contributed by atoms with Crippen LogP contribution >= 0.6 is 0 Å². The van der Waals surface area contributed by atoms with Crippen LogP contribution in [0.2, 0.25) is 0 Å². The van der Waals surface area contributed by atoms with E-state index in [2.05, 4.69) is 84.9 Å². The predicted octanol–water partition coefficient (Wildman–Crippen LogP) is 8.74. The van der Waals surface area contributed by atoms with Gasteiger partial charge in [-0.2, -0.15) is 0 Å². The van der Waals surface area contributed by atoms with E-state index in [0.29, 0.717) is 11.1 Å². The number of carbonyl (C=O) groups is 2. The summed E-state index contributed by atoms with van der Waals surface area (Å²) in [6.45, 7) is 25.0. The molecule has 0 heterocycles. The average molecular weight is 463 g/mol. The van der Waals surface area contributed by atoms with E-state index in [0.717, 1.165) is 12.8 Å². The highest BCUT2D eigenvalue weighted by Gasteiger charge is 2.37. The molecule has 0 saturated carbocycles. The van der Waals surface area contributed by atoms with Gasteiger partial charge in [0.15, 0.2) is 11.6 Å². The second-order valence-corrected chi connectivity index (χ2v) is 13.4. The number of hydrogen-bond donors (Lipinski definition) is 0. The average Bonchev–Trinajstić information content (AvgIpc) is 2.67. The number of benzene rings is 2. The van der Waals surface area contributed by atoms with Gasteiger partial charge in [0.05, 0.1) is 0 Å². The normalized spacial score (nSPS) is 14.2. The molecule has 2 rings (SSSR count). The van der Waals surface area contributed by atoms with Gasteiger partial charge in [0.1, 0.15) is 0 Å². The molecule has 0 amide bonds. The zero-order chi connectivity index (χ0) is 26.3. The number of ketones is 2. The van der Waals surface area contributed by atoms with Gasteiger partial charge in [-0.15, -0.1) is 0 Å². The highest BCUT2D eigenvalue weighted by molar-refractivity contribution is 6.06. The molecule has 2 heteroatoms. The Hall–Kier alpha value is -2.22. The van der Waals surface area contributed by atoms with Crippen molar-refractivity contribution in [3.05, 3.63) is 58.7 Å². The molecule has 2 aromatic rings. The molecule has 0 aliphatic carbocycles. The fraction of sp³-hybridized carbons (Fsp3) is 0.562. The molecule has 0 saturated heterocycles. The fourth-order valence-corrected chi connectivity index (χ4v) is 5.38. The summed E-state index contributed by atoms with van der Waals surface area (Å²) in [5, 5.41) is 2.53. The van der Waals surface area contributed by atoms with Crippen LogP contribution in [0.15, 0.2) is 47.5 Å². The van der Waals surface area contributed by atoms with Crippen LogP contribution in [0.3, 0.4) is 0 Å². The van der Waals surface area contributed by atoms with E-state index in [9.17, 15) is 9.59 Å². The van der Waals surface area contributed by atoms with Crippen molar-refractivity contribution in [3.63, 3.8) is 0 Å². The van der Waals surface area contributed by atoms with Crippen LogP contribution in [0.5, 0.6) is 0 Å². The van der Waals surface area contributed by atoms with Crippen molar-refractivity contribution >= 4 is 22.3 Å². The largest absolute Gasteiger partial charge is 0.295 e. The maximum absolute atomic E-state index is 12.9. The molecular weight excluding hydrogens is 416 g/mol. The Morgan fingerprint density at radius 2 is 1.09 bits per heavy atom. The highest BCUT2D eigenvalue weighted by atomic mass is 16.1. The molecule has 0 aliphatic heterocycles. The zero-order valence-corrected chi connectivity index (χ0v) is 23.7. The van der Waals surface area contributed by atoms with Gasteiger partial charge in [0, 0.05) is 11.1 Å². The number of rotatable bonds is 7. The van der Waals surface area contributed by atoms with E-state index in [4.69, 9.17) is 0 Å². The zero-order valence-electron chi connectivity index (χ0n) is 23.7. The summed E-state index contributed by atoms with van der Waals surface area (Å²) in [6.07, 6.45) is 1.73. The van der Waals surface area contributed by atoms with E-state index >= 15 is 0 Å². The monoisotopic (exact) mass is 462 g/mol. The molecule has 0 spiro atoms. The maximum Gasteiger partial charge on any atom is 0.156 e. The van der Waals surface area contributed by atoms with E-state index in [-0.39, 0.29) is 27.8 Å². The fourth-order valence-electron chi connectivity index (χ4n) is 5.38. The van der Waals surface area contributed by atoms with E-state index in [1.807, 2.05) is 20.8 Å². The van der Waals surface area contributed by atoms with Gasteiger partial charge in [0.2, 0.25) is 0 Å². The topological polar surface area (TPSA) is 34.1 Å². The first-order valence-corrected chi connectivity index (χ1v) is 12.6. The first kappa shape index (κ1) is 28.0. The molecule has 34 heavy (non-hydrogen) atoms. The van der Waals surface area contributed by atoms with Gasteiger partial charge < -0.3 is 0 Å². The minimum Gasteiger partial charge on any atom is -0.295 e. The van der Waals surface area contributed by atoms with E-state index < -0.39 is 5.41 Å². The van der Waals surface area contributed by atoms with Crippen LogP contribution in [0.1, 0.15) is 107 Å². The van der Waals surface area contributed by atoms with Crippen molar-refractivity contribution in [2.75, 3.05) is 0 Å². The summed E-state index contributed by atoms with van der Waals surface area (Å²) in [5.74, 6) is -0.00130. The number of hydrogen-bond acceptors (Lipinski definition) is 2. The molecule has 0 unspecified atom stereocenters. The lowest BCUT2D eigenvalue weighted by Crippen LogP contribution is -2.31. The van der Waals surface area contributed by atoms with Crippen molar-refractivity contribution in [1.29, 1.82) is 0 Å². The molecule has 0 N–H and O–H groups in total. The van der Waals surface area contributed by atoms with Crippen LogP contribution in [0.25, 0.3) is 10.8 Å². The van der Waals surface area contributed by atoms with Gasteiger partial charge >= 0.3 is 0 Å². The number of Topliss-reactive ketones (excluding diaryl/α,β-unsaturated/α-hetero) is 2. The van der Waals surface area contributed by atoms with Crippen LogP contribution in [0.4, 0.5) is 0 Å². The van der Waals surface area contributed by atoms with Crippen molar-refractivity contribution in [3.8, 4) is 0 Å². The van der Waals surface area contributed by atoms with E-state index in [1.54, 1.807) is 13.8 Å². The van der Waals surface area contributed by atoms with Gasteiger partial charge in [-0.05, 0) is 70.2 Å². The van der Waals surface area contributed by atoms with Crippen molar-refractivity contribution < 1.29 is 9.59 Å². The molecule has 0 atom stereocenters. The summed E-state index contributed by atoms with van der Waals surface area (Å²) < 4.78 is 0. The Kier molecular flexibility index (Phi) is 7.78. The Morgan fingerprint density at radius 1 is 0.647 bits per heavy atom. The molecule has 2 aromatic carbocycles. The molecule has 0 fully saturated rings. The third-order valence-electron chi connectivity index (χ3n) is 7.18. The summed E-state index contributed by atoms with van der Waals surface area (Å²) >= 11 is 0. The van der Waals surface area contributed by atoms with Crippen LogP contribution in [0, 0.1) is 10.8 Å². The van der Waals surface area contributed by atoms with Crippen LogP contribution < -0.4 is 0 Å². The highest BCUT2D eigenvalue weighted by Crippen LogP contribution is 2.45. The molecule has 0 aliphatic rings. The lowest BCUT2D eigenvalue weighted by atomic mass is 9.66. The van der Waals surface area contributed by atoms with Crippen LogP contribution in [-0.2, 0) is 20.4 Å². The predicted molar refractivity (Wildman–Crippen MR) is 147 cm³/mol. The number of carbonyl (C=O) groups excluding carboxylic acids is 2. The molecule has 186 valence electrons. The van der Waals surface area contributed by atoms with Crippen LogP contribution in [-0.4, -0.2) is 11.6 Å². The van der Waals surface area contributed by atoms with Gasteiger partial charge in [-0.3, -0.25) is 9.59 Å². The van der Waals surface area contributed by atoms with Gasteiger partial charge in [-0.1, -0.05) is 106 Å². The molecule has 0 aromatic heterocycles. The minimum absolute atomic E-state index is 0.00372. The maximum atomic E-state index is 12.9. The third kappa shape index (κ3) is 6.06. The smallest absolute Gasteiger partial charge is 0.156 e. The summed E-state index contributed by atoms with van der Waals surface area (Å²) in [7, 11) is 0. The summed E-state index contributed by atoms with van der Waals surface area (Å²) in [5.41, 5.74) is 3.24. The third-order valence-corrected chi connectivity index (χ3v) is 7.18. The second-order valence-electron chi connectivity index (χ2n) is 13.4. The quantitative estimate of drug-likeness (QED) is 0.385. The SMILES string of the molecule is CC(=O)/C(=C(\C(C)=O)C(C)(C)CCC(C)(C)c1cc2ccccc2cc1C(C)(C)C)C(C)(C)C. The first-order chi connectivity index (χ1) is 15.3. The van der Waals surface area contributed by atoms with Gasteiger partial charge in [-0.25, -0.2) is 0 Å². The van der Waals surface area contributed by atoms with Crippen molar-refractivity contribution in [2.24, 2.45) is 10.8 Å². The lowest BCUT2D eigenvalue weighted by molar-refractivity contribution is -0.117. The Labute approximate surface area is 208 Å². The summed E-state index contributed by atoms with van der Waals surface area (Å²) in [4.78, 5) is 25.6. The first-order valence-electron chi connectivity index (χ1n) is 12.6. The summed E-state index contributed by atoms with van der Waals surface area (Å²) in [6, 6.07) is 13.3. The Balaban J connectivity index is 2.58. The molecule has 2 nitrogen and oxygen atoms in total. The standard InChI is InChI=1S/C32H46O2/c1-21(33)27(30(6,7)8)28(22(2)34)32(11,12)18-17-31(9,10)26-20-24-16-14-13-15-23(24)19-25(26)29(3,4)5/h13-16,19-20H,17-18H2,1-12H3/b28-27-.